The first kappa shape index (κ1) is 22.9. The van der Waals surface area contributed by atoms with Gasteiger partial charge in [0, 0.05) is 38.3 Å². The number of carbonyl (C=O) groups is 1. The number of likely N-dealkylation sites (tertiary alicyclic amines) is 2. The van der Waals surface area contributed by atoms with Gasteiger partial charge in [0.05, 0.1) is 17.1 Å². The Bertz CT molecular complexity index is 1220. The maximum atomic E-state index is 14.6. The van der Waals surface area contributed by atoms with Crippen molar-refractivity contribution in [3.63, 3.8) is 0 Å². The number of piperazine rings is 1. The summed E-state index contributed by atoms with van der Waals surface area (Å²) in [5.41, 5.74) is 0.433. The zero-order valence-electron chi connectivity index (χ0n) is 19.5. The molecule has 0 aromatic heterocycles. The second-order valence-electron chi connectivity index (χ2n) is 9.96. The van der Waals surface area contributed by atoms with E-state index in [-0.39, 0.29) is 30.4 Å². The molecule has 2 aromatic carbocycles. The summed E-state index contributed by atoms with van der Waals surface area (Å²) in [6, 6.07) is 13.1. The molecule has 34 heavy (non-hydrogen) atoms. The number of anilines is 3. The predicted molar refractivity (Wildman–Crippen MR) is 128 cm³/mol. The molecule has 0 unspecified atom stereocenters. The summed E-state index contributed by atoms with van der Waals surface area (Å²) in [6.45, 7) is 7.56. The quantitative estimate of drug-likeness (QED) is 0.656. The molecule has 2 atom stereocenters. The fourth-order valence-corrected chi connectivity index (χ4v) is 6.80. The number of nitrogens with zero attached hydrogens (tertiary/aromatic N) is 4. The SMILES string of the molecule is CC(C)(C)OC(=O)N1C[C@@H]2C[C@H]1CN2CCN1c2ccccc2N(c2ccccc2F)S1(=O)=O. The number of carbonyl (C=O) groups excluding carboxylic acids is 1. The second-order valence-corrected chi connectivity index (χ2v) is 11.7. The number of halogens is 1. The van der Waals surface area contributed by atoms with E-state index in [9.17, 15) is 17.6 Å². The highest BCUT2D eigenvalue weighted by Gasteiger charge is 2.47. The van der Waals surface area contributed by atoms with Gasteiger partial charge in [-0.05, 0) is 51.5 Å². The van der Waals surface area contributed by atoms with Crippen molar-refractivity contribution in [3.05, 3.63) is 54.3 Å². The van der Waals surface area contributed by atoms with Crippen LogP contribution >= 0.6 is 0 Å². The molecule has 2 fully saturated rings. The topological polar surface area (TPSA) is 73.4 Å². The van der Waals surface area contributed by atoms with Crippen LogP contribution in [-0.4, -0.2) is 68.2 Å². The molecule has 2 aromatic rings. The summed E-state index contributed by atoms with van der Waals surface area (Å²) in [7, 11) is -4.00. The van der Waals surface area contributed by atoms with Crippen LogP contribution in [0, 0.1) is 5.82 Å². The van der Waals surface area contributed by atoms with E-state index in [1.165, 1.54) is 22.5 Å². The van der Waals surface area contributed by atoms with Gasteiger partial charge in [-0.1, -0.05) is 24.3 Å². The van der Waals surface area contributed by atoms with Crippen LogP contribution in [0.5, 0.6) is 0 Å². The normalized spacial score (nSPS) is 23.5. The molecular weight excluding hydrogens is 459 g/mol. The third-order valence-corrected chi connectivity index (χ3v) is 8.31. The molecule has 8 nitrogen and oxygen atoms in total. The number of para-hydroxylation sites is 3. The summed E-state index contributed by atoms with van der Waals surface area (Å²) < 4.78 is 49.6. The standard InChI is InChI=1S/C24H29FN4O4S/c1-24(2,3)33-23(30)27-16-17-14-18(27)15-26(17)12-13-28-21-10-6-7-11-22(21)29(34(28,31)32)20-9-5-4-8-19(20)25/h4-11,17-18H,12-16H2,1-3H3/t17-,18-/m0/s1. The second kappa shape index (κ2) is 8.13. The van der Waals surface area contributed by atoms with Gasteiger partial charge in [-0.15, -0.1) is 0 Å². The van der Waals surface area contributed by atoms with Crippen LogP contribution in [0.4, 0.5) is 26.2 Å². The average molecular weight is 489 g/mol. The molecule has 0 aliphatic carbocycles. The van der Waals surface area contributed by atoms with Crippen molar-refractivity contribution in [2.75, 3.05) is 34.8 Å². The van der Waals surface area contributed by atoms with Gasteiger partial charge in [-0.25, -0.2) is 17.8 Å². The first-order chi connectivity index (χ1) is 16.1. The van der Waals surface area contributed by atoms with Gasteiger partial charge >= 0.3 is 16.3 Å². The van der Waals surface area contributed by atoms with Crippen LogP contribution in [-0.2, 0) is 14.9 Å². The van der Waals surface area contributed by atoms with E-state index < -0.39 is 21.6 Å². The van der Waals surface area contributed by atoms with Crippen LogP contribution in [0.25, 0.3) is 0 Å². The van der Waals surface area contributed by atoms with Crippen LogP contribution in [0.15, 0.2) is 48.5 Å². The maximum absolute atomic E-state index is 14.6. The molecule has 5 rings (SSSR count). The van der Waals surface area contributed by atoms with Crippen molar-refractivity contribution in [3.8, 4) is 0 Å². The Morgan fingerprint density at radius 3 is 2.24 bits per heavy atom. The average Bonchev–Trinajstić information content (AvgIpc) is 3.41. The molecule has 3 aliphatic heterocycles. The van der Waals surface area contributed by atoms with Gasteiger partial charge in [0.15, 0.2) is 0 Å². The molecule has 0 radical (unpaired) electrons. The van der Waals surface area contributed by atoms with Crippen LogP contribution in [0.2, 0.25) is 0 Å². The minimum atomic E-state index is -4.00. The van der Waals surface area contributed by atoms with Gasteiger partial charge in [-0.2, -0.15) is 8.42 Å². The molecule has 0 saturated carbocycles. The van der Waals surface area contributed by atoms with Crippen molar-refractivity contribution < 1.29 is 22.3 Å². The fourth-order valence-electron chi connectivity index (χ4n) is 5.09. The van der Waals surface area contributed by atoms with Gasteiger partial charge in [0.1, 0.15) is 11.4 Å². The predicted octanol–water partition coefficient (Wildman–Crippen LogP) is 3.72. The molecule has 2 saturated heterocycles. The number of hydrogen-bond acceptors (Lipinski definition) is 5. The number of fused-ring (bicyclic) bond motifs is 3. The summed E-state index contributed by atoms with van der Waals surface area (Å²) in [4.78, 5) is 16.5. The maximum Gasteiger partial charge on any atom is 0.410 e. The monoisotopic (exact) mass is 488 g/mol. The summed E-state index contributed by atoms with van der Waals surface area (Å²) in [5.74, 6) is -0.596. The highest BCUT2D eigenvalue weighted by molar-refractivity contribution is 7.95. The van der Waals surface area contributed by atoms with Crippen molar-refractivity contribution in [1.82, 2.24) is 9.80 Å². The molecule has 1 amide bonds. The summed E-state index contributed by atoms with van der Waals surface area (Å²) in [5, 5.41) is 0. The third kappa shape index (κ3) is 3.88. The minimum absolute atomic E-state index is 0.00526. The lowest BCUT2D eigenvalue weighted by atomic mass is 10.2. The lowest BCUT2D eigenvalue weighted by molar-refractivity contribution is 0.0132. The number of hydrogen-bond donors (Lipinski definition) is 0. The summed E-state index contributed by atoms with van der Waals surface area (Å²) in [6.07, 6.45) is 0.556. The molecule has 2 bridgehead atoms. The third-order valence-electron chi connectivity index (χ3n) is 6.52. The van der Waals surface area contributed by atoms with Crippen molar-refractivity contribution in [2.45, 2.75) is 44.9 Å². The number of benzene rings is 2. The van der Waals surface area contributed by atoms with Crippen molar-refractivity contribution in [1.29, 1.82) is 0 Å². The number of amides is 1. The first-order valence-corrected chi connectivity index (χ1v) is 12.9. The fraction of sp³-hybridized carbons (Fsp3) is 0.458. The highest BCUT2D eigenvalue weighted by Crippen LogP contribution is 2.45. The first-order valence-electron chi connectivity index (χ1n) is 11.5. The Kier molecular flexibility index (Phi) is 5.48. The smallest absolute Gasteiger partial charge is 0.410 e. The van der Waals surface area contributed by atoms with Crippen LogP contribution in [0.1, 0.15) is 27.2 Å². The Morgan fingerprint density at radius 2 is 1.62 bits per heavy atom. The van der Waals surface area contributed by atoms with E-state index >= 15 is 0 Å². The molecular formula is C24H29FN4O4S. The van der Waals surface area contributed by atoms with Gasteiger partial charge in [0.2, 0.25) is 0 Å². The van der Waals surface area contributed by atoms with E-state index in [0.29, 0.717) is 31.0 Å². The van der Waals surface area contributed by atoms with Gasteiger partial charge < -0.3 is 9.64 Å². The van der Waals surface area contributed by atoms with Gasteiger partial charge in [0.25, 0.3) is 0 Å². The lowest BCUT2D eigenvalue weighted by Crippen LogP contribution is -2.51. The zero-order chi connectivity index (χ0) is 24.3. The minimum Gasteiger partial charge on any atom is -0.444 e. The van der Waals surface area contributed by atoms with E-state index in [4.69, 9.17) is 4.74 Å². The Hall–Kier alpha value is -2.85. The largest absolute Gasteiger partial charge is 0.444 e. The molecule has 3 aliphatic rings. The lowest BCUT2D eigenvalue weighted by Gasteiger charge is -2.35. The highest BCUT2D eigenvalue weighted by atomic mass is 32.2. The summed E-state index contributed by atoms with van der Waals surface area (Å²) >= 11 is 0. The van der Waals surface area contributed by atoms with Gasteiger partial charge in [-0.3, -0.25) is 4.90 Å². The Balaban J connectivity index is 1.31. The van der Waals surface area contributed by atoms with Crippen molar-refractivity contribution in [2.24, 2.45) is 0 Å². The number of rotatable bonds is 4. The van der Waals surface area contributed by atoms with E-state index in [1.807, 2.05) is 20.8 Å². The molecule has 10 heteroatoms. The molecule has 0 spiro atoms. The van der Waals surface area contributed by atoms with Crippen molar-refractivity contribution >= 4 is 33.4 Å². The Morgan fingerprint density at radius 1 is 0.971 bits per heavy atom. The van der Waals surface area contributed by atoms with E-state index in [2.05, 4.69) is 4.90 Å². The Labute approximate surface area is 199 Å². The molecule has 3 heterocycles. The molecule has 0 N–H and O–H groups in total. The number of ether oxygens (including phenoxy) is 1. The van der Waals surface area contributed by atoms with Crippen LogP contribution < -0.4 is 8.61 Å². The van der Waals surface area contributed by atoms with E-state index in [1.54, 1.807) is 35.2 Å². The van der Waals surface area contributed by atoms with E-state index in [0.717, 1.165) is 10.7 Å². The van der Waals surface area contributed by atoms with Crippen LogP contribution in [0.3, 0.4) is 0 Å². The molecule has 182 valence electrons. The zero-order valence-corrected chi connectivity index (χ0v) is 20.3.